The molecule has 2 aromatic rings. The van der Waals surface area contributed by atoms with Crippen molar-refractivity contribution in [1.29, 1.82) is 0 Å². The molecule has 0 heterocycles. The highest BCUT2D eigenvalue weighted by molar-refractivity contribution is 9.10. The number of hydrogen-bond donors (Lipinski definition) is 1. The molecule has 0 saturated heterocycles. The number of nitrogens with zero attached hydrogens (tertiary/aromatic N) is 1. The quantitative estimate of drug-likeness (QED) is 0.468. The average molecular weight is 492 g/mol. The number of carbonyl (C=O) groups is 1. The van der Waals surface area contributed by atoms with Gasteiger partial charge in [-0.1, -0.05) is 58.7 Å². The van der Waals surface area contributed by atoms with Crippen LogP contribution in [0.25, 0.3) is 6.08 Å². The molecular formula is C25H32BrClN2O. The highest BCUT2D eigenvalue weighted by Crippen LogP contribution is 2.27. The van der Waals surface area contributed by atoms with Gasteiger partial charge in [-0.2, -0.15) is 0 Å². The fourth-order valence-corrected chi connectivity index (χ4v) is 4.59. The molecule has 3 rings (SSSR count). The lowest BCUT2D eigenvalue weighted by molar-refractivity contribution is -0.929. The number of carbonyl (C=O) groups excluding carboxylic acids is 1. The summed E-state index contributed by atoms with van der Waals surface area (Å²) in [7, 11) is 4.73. The first kappa shape index (κ1) is 24.6. The van der Waals surface area contributed by atoms with Gasteiger partial charge in [-0.25, -0.2) is 0 Å². The summed E-state index contributed by atoms with van der Waals surface area (Å²) in [4.78, 5) is 12.1. The normalized spacial score (nSPS) is 15.0. The molecule has 0 aromatic heterocycles. The van der Waals surface area contributed by atoms with Crippen molar-refractivity contribution in [1.82, 2.24) is 5.32 Å². The fourth-order valence-electron chi connectivity index (χ4n) is 4.17. The Hall–Kier alpha value is -1.62. The molecule has 0 unspecified atom stereocenters. The van der Waals surface area contributed by atoms with E-state index in [1.54, 1.807) is 6.08 Å². The standard InChI is InChI=1S/C25H31BrN2O.ClH/c1-28(2,24-9-4-3-5-10-24)19-22-13-11-21(12-14-22)18-27-25(29)16-15-20-7-6-8-23(26)17-20;/h6-8,11-17,24H,3-5,9-10,18-19H2,1-2H3;1H/b16-15+;. The third-order valence-corrected chi connectivity index (χ3v) is 6.41. The van der Waals surface area contributed by atoms with Crippen LogP contribution in [0.4, 0.5) is 0 Å². The van der Waals surface area contributed by atoms with Crippen LogP contribution in [0.5, 0.6) is 0 Å². The van der Waals surface area contributed by atoms with Gasteiger partial charge in [-0.15, -0.1) is 0 Å². The molecule has 2 aromatic carbocycles. The van der Waals surface area contributed by atoms with Crippen LogP contribution in [0.2, 0.25) is 0 Å². The van der Waals surface area contributed by atoms with E-state index in [1.165, 1.54) is 37.7 Å². The van der Waals surface area contributed by atoms with Crippen LogP contribution >= 0.6 is 15.9 Å². The number of amides is 1. The van der Waals surface area contributed by atoms with E-state index in [0.29, 0.717) is 6.54 Å². The Labute approximate surface area is 195 Å². The summed E-state index contributed by atoms with van der Waals surface area (Å²) < 4.78 is 2.07. The third kappa shape index (κ3) is 7.57. The second kappa shape index (κ2) is 11.7. The molecule has 5 heteroatoms. The summed E-state index contributed by atoms with van der Waals surface area (Å²) in [5.74, 6) is -0.0795. The lowest BCUT2D eigenvalue weighted by Crippen LogP contribution is -3.00. The highest BCUT2D eigenvalue weighted by Gasteiger charge is 2.29. The van der Waals surface area contributed by atoms with Crippen molar-refractivity contribution in [2.75, 3.05) is 14.1 Å². The van der Waals surface area contributed by atoms with Crippen molar-refractivity contribution in [2.24, 2.45) is 0 Å². The second-order valence-electron chi connectivity index (χ2n) is 8.65. The number of halogens is 2. The molecule has 0 atom stereocenters. The topological polar surface area (TPSA) is 29.1 Å². The maximum Gasteiger partial charge on any atom is 0.244 e. The first-order valence-corrected chi connectivity index (χ1v) is 11.3. The minimum atomic E-state index is -0.0795. The molecule has 1 amide bonds. The molecule has 0 radical (unpaired) electrons. The van der Waals surface area contributed by atoms with Gasteiger partial charge in [0.15, 0.2) is 0 Å². The summed E-state index contributed by atoms with van der Waals surface area (Å²) in [5.41, 5.74) is 3.49. The van der Waals surface area contributed by atoms with E-state index in [-0.39, 0.29) is 18.3 Å². The molecule has 1 fully saturated rings. The molecule has 1 saturated carbocycles. The van der Waals surface area contributed by atoms with Gasteiger partial charge in [0, 0.05) is 22.7 Å². The number of benzene rings is 2. The van der Waals surface area contributed by atoms with Crippen LogP contribution < -0.4 is 17.7 Å². The summed E-state index contributed by atoms with van der Waals surface area (Å²) in [6.07, 6.45) is 10.3. The molecule has 1 N–H and O–H groups in total. The molecular weight excluding hydrogens is 460 g/mol. The third-order valence-electron chi connectivity index (χ3n) is 5.92. The number of nitrogens with one attached hydrogen (secondary N) is 1. The Bertz CT molecular complexity index is 842. The largest absolute Gasteiger partial charge is 1.00 e. The summed E-state index contributed by atoms with van der Waals surface area (Å²) in [5, 5.41) is 2.96. The Morgan fingerprint density at radius 3 is 2.40 bits per heavy atom. The maximum absolute atomic E-state index is 12.1. The highest BCUT2D eigenvalue weighted by atomic mass is 79.9. The number of quaternary nitrogens is 1. The number of rotatable bonds is 7. The maximum atomic E-state index is 12.1. The molecule has 1 aliphatic carbocycles. The number of hydrogen-bond acceptors (Lipinski definition) is 1. The fraction of sp³-hybridized carbons (Fsp3) is 0.400. The van der Waals surface area contributed by atoms with E-state index >= 15 is 0 Å². The predicted molar refractivity (Wildman–Crippen MR) is 124 cm³/mol. The van der Waals surface area contributed by atoms with Crippen molar-refractivity contribution in [3.8, 4) is 0 Å². The minimum absolute atomic E-state index is 0. The smallest absolute Gasteiger partial charge is 0.244 e. The lowest BCUT2D eigenvalue weighted by atomic mass is 9.92. The van der Waals surface area contributed by atoms with Crippen LogP contribution in [0.1, 0.15) is 48.8 Å². The van der Waals surface area contributed by atoms with E-state index in [2.05, 4.69) is 59.6 Å². The van der Waals surface area contributed by atoms with E-state index in [4.69, 9.17) is 0 Å². The van der Waals surface area contributed by atoms with Gasteiger partial charge in [0.05, 0.1) is 20.1 Å². The lowest BCUT2D eigenvalue weighted by Gasteiger charge is -2.40. The van der Waals surface area contributed by atoms with Crippen molar-refractivity contribution < 1.29 is 21.7 Å². The van der Waals surface area contributed by atoms with E-state index in [1.807, 2.05) is 30.3 Å². The Kier molecular flexibility index (Phi) is 9.60. The van der Waals surface area contributed by atoms with Crippen LogP contribution in [-0.2, 0) is 17.9 Å². The monoisotopic (exact) mass is 490 g/mol. The van der Waals surface area contributed by atoms with Crippen LogP contribution in [0.3, 0.4) is 0 Å². The van der Waals surface area contributed by atoms with Gasteiger partial charge < -0.3 is 22.2 Å². The van der Waals surface area contributed by atoms with Gasteiger partial charge in [0.25, 0.3) is 0 Å². The Morgan fingerprint density at radius 1 is 1.07 bits per heavy atom. The van der Waals surface area contributed by atoms with E-state index < -0.39 is 0 Å². The average Bonchev–Trinajstić information content (AvgIpc) is 2.72. The zero-order valence-corrected chi connectivity index (χ0v) is 20.3. The molecule has 0 bridgehead atoms. The van der Waals surface area contributed by atoms with E-state index in [0.717, 1.165) is 32.7 Å². The molecule has 3 nitrogen and oxygen atoms in total. The SMILES string of the molecule is C[N+](C)(Cc1ccc(CNC(=O)/C=C/c2cccc(Br)c2)cc1)C1CCCCC1.[Cl-]. The molecule has 0 spiro atoms. The van der Waals surface area contributed by atoms with Gasteiger partial charge in [0.2, 0.25) is 5.91 Å². The van der Waals surface area contributed by atoms with Crippen LogP contribution in [0.15, 0.2) is 59.1 Å². The predicted octanol–water partition coefficient (Wildman–Crippen LogP) is 2.69. The summed E-state index contributed by atoms with van der Waals surface area (Å²) >= 11 is 3.44. The van der Waals surface area contributed by atoms with Gasteiger partial charge in [0.1, 0.15) is 6.54 Å². The van der Waals surface area contributed by atoms with E-state index in [9.17, 15) is 4.79 Å². The zero-order chi connectivity index (χ0) is 20.7. The first-order chi connectivity index (χ1) is 13.9. The van der Waals surface area contributed by atoms with Gasteiger partial charge in [-0.3, -0.25) is 4.79 Å². The van der Waals surface area contributed by atoms with Crippen molar-refractivity contribution in [3.63, 3.8) is 0 Å². The minimum Gasteiger partial charge on any atom is -1.00 e. The zero-order valence-electron chi connectivity index (χ0n) is 17.9. The molecule has 1 aliphatic rings. The van der Waals surface area contributed by atoms with Gasteiger partial charge >= 0.3 is 0 Å². The first-order valence-electron chi connectivity index (χ1n) is 10.5. The van der Waals surface area contributed by atoms with Gasteiger partial charge in [-0.05, 0) is 55.0 Å². The molecule has 0 aliphatic heterocycles. The van der Waals surface area contributed by atoms with Crippen LogP contribution in [-0.4, -0.2) is 30.5 Å². The molecule has 30 heavy (non-hydrogen) atoms. The van der Waals surface area contributed by atoms with Crippen molar-refractivity contribution >= 4 is 27.9 Å². The summed E-state index contributed by atoms with van der Waals surface area (Å²) in [6.45, 7) is 1.61. The summed E-state index contributed by atoms with van der Waals surface area (Å²) in [6, 6.07) is 17.3. The molecule has 162 valence electrons. The Morgan fingerprint density at radius 2 is 1.73 bits per heavy atom. The van der Waals surface area contributed by atoms with Crippen molar-refractivity contribution in [2.45, 2.75) is 51.2 Å². The second-order valence-corrected chi connectivity index (χ2v) is 9.57. The Balaban J connectivity index is 0.00000320. The van der Waals surface area contributed by atoms with Crippen molar-refractivity contribution in [3.05, 3.63) is 75.8 Å². The van der Waals surface area contributed by atoms with Crippen LogP contribution in [0, 0.1) is 0 Å².